The number of anilines is 3. The zero-order chi connectivity index (χ0) is 57.3. The van der Waals surface area contributed by atoms with Crippen LogP contribution in [0.5, 0.6) is 0 Å². The minimum Gasteiger partial charge on any atom is -0.330 e. The largest absolute Gasteiger partial charge is 0.330 e. The lowest BCUT2D eigenvalue weighted by atomic mass is 9.85. The van der Waals surface area contributed by atoms with E-state index in [9.17, 15) is 39.6 Å². The molecule has 0 aliphatic carbocycles. The van der Waals surface area contributed by atoms with Crippen molar-refractivity contribution >= 4 is 64.3 Å². The van der Waals surface area contributed by atoms with Crippen LogP contribution in [0.3, 0.4) is 0 Å². The molecule has 6 rings (SSSR count). The van der Waals surface area contributed by atoms with Crippen LogP contribution >= 0.6 is 0 Å². The smallest absolute Gasteiger partial charge is 0.260 e. The van der Waals surface area contributed by atoms with Gasteiger partial charge in [-0.1, -0.05) is 127 Å². The molecule has 6 aromatic carbocycles. The highest BCUT2D eigenvalue weighted by molar-refractivity contribution is 7.93. The van der Waals surface area contributed by atoms with Crippen LogP contribution in [0.15, 0.2) is 164 Å². The third-order valence-electron chi connectivity index (χ3n) is 13.9. The third kappa shape index (κ3) is 15.4. The van der Waals surface area contributed by atoms with Gasteiger partial charge in [-0.2, -0.15) is 0 Å². The van der Waals surface area contributed by atoms with Crippen molar-refractivity contribution in [2.24, 2.45) is 34.4 Å². The summed E-state index contributed by atoms with van der Waals surface area (Å²) in [4.78, 5) is 35.3. The first kappa shape index (κ1) is 61.6. The van der Waals surface area contributed by atoms with Crippen molar-refractivity contribution < 1.29 is 39.6 Å². The molecule has 0 spiro atoms. The maximum atomic E-state index is 14.1. The molecule has 0 fully saturated rings. The van der Waals surface area contributed by atoms with Crippen molar-refractivity contribution in [1.29, 1.82) is 0 Å². The molecule has 0 aromatic heterocycles. The number of carbonyl (C=O) groups excluding carboxylic acids is 3. The molecule has 3 atom stereocenters. The van der Waals surface area contributed by atoms with Crippen molar-refractivity contribution in [1.82, 2.24) is 0 Å². The van der Waals surface area contributed by atoms with Gasteiger partial charge in [-0.05, 0) is 147 Å². The molecule has 0 bridgehead atoms. The van der Waals surface area contributed by atoms with Crippen LogP contribution in [0, 0.1) is 0 Å². The van der Waals surface area contributed by atoms with E-state index in [1.54, 1.807) is 164 Å². The molecule has 18 nitrogen and oxygen atoms in total. The van der Waals surface area contributed by atoms with Gasteiger partial charge < -0.3 is 50.4 Å². The van der Waals surface area contributed by atoms with Gasteiger partial charge in [-0.15, -0.1) is 0 Å². The topological polar surface area (TPSA) is 346 Å². The minimum absolute atomic E-state index is 0.174. The summed E-state index contributed by atoms with van der Waals surface area (Å²) in [7, 11) is -12.8. The number of nitrogens with two attached hydrogens (primary N) is 6. The Bertz CT molecular complexity index is 2950. The molecule has 0 radical (unpaired) electrons. The molecule has 15 N–H and O–H groups in total. The third-order valence-corrected chi connectivity index (χ3v) is 20.6. The molecule has 0 saturated carbocycles. The lowest BCUT2D eigenvalue weighted by molar-refractivity contribution is -0.119. The summed E-state index contributed by atoms with van der Waals surface area (Å²) < 4.78 is 83.8. The zero-order valence-corrected chi connectivity index (χ0v) is 46.6. The molecular weight excluding hydrogens is 1060 g/mol. The van der Waals surface area contributed by atoms with Crippen LogP contribution in [-0.4, -0.2) is 77.2 Å². The number of hydrogen-bond acceptors (Lipinski definition) is 15. The summed E-state index contributed by atoms with van der Waals surface area (Å²) in [6.07, 6.45) is 1.67. The Morgan fingerprint density at radius 2 is 0.582 bits per heavy atom. The maximum Gasteiger partial charge on any atom is 0.260 e. The van der Waals surface area contributed by atoms with Gasteiger partial charge in [0.1, 0.15) is 0 Å². The van der Waals surface area contributed by atoms with Gasteiger partial charge in [0, 0.05) is 23.0 Å². The van der Waals surface area contributed by atoms with Gasteiger partial charge in [0.2, 0.25) is 0 Å². The molecule has 3 amide bonds. The molecule has 6 aromatic rings. The molecule has 0 unspecified atom stereocenters. The van der Waals surface area contributed by atoms with E-state index in [1.807, 2.05) is 0 Å². The number of amides is 3. The van der Waals surface area contributed by atoms with E-state index < -0.39 is 85.0 Å². The predicted molar refractivity (Wildman–Crippen MR) is 313 cm³/mol. The average Bonchev–Trinajstić information content (AvgIpc) is 3.50. The molecule has 0 heterocycles. The number of hydrogen-bond donors (Lipinski definition) is 9. The summed E-state index contributed by atoms with van der Waals surface area (Å²) in [5.74, 6) is -4.72. The molecule has 0 aliphatic heterocycles. The van der Waals surface area contributed by atoms with E-state index in [0.717, 1.165) is 0 Å². The number of nitrogens with one attached hydrogen (secondary N) is 3. The van der Waals surface area contributed by atoms with Crippen LogP contribution in [-0.2, 0) is 61.2 Å². The second-order valence-electron chi connectivity index (χ2n) is 19.8. The normalized spacial score (nSPS) is 14.3. The van der Waals surface area contributed by atoms with E-state index >= 15 is 0 Å². The Morgan fingerprint density at radius 3 is 0.797 bits per heavy atom. The first-order valence-electron chi connectivity index (χ1n) is 26.1. The minimum atomic E-state index is -4.27. The van der Waals surface area contributed by atoms with Gasteiger partial charge in [-0.3, -0.25) is 14.4 Å². The number of benzene rings is 6. The van der Waals surface area contributed by atoms with Crippen molar-refractivity contribution in [3.63, 3.8) is 0 Å². The molecular formula is C58H73N9O9S3. The van der Waals surface area contributed by atoms with Crippen LogP contribution in [0.1, 0.15) is 97.1 Å². The second-order valence-corrected chi connectivity index (χ2v) is 26.5. The predicted octanol–water partition coefficient (Wildman–Crippen LogP) is 5.88. The Kier molecular flexibility index (Phi) is 21.4. The summed E-state index contributed by atoms with van der Waals surface area (Å²) >= 11 is 0. The van der Waals surface area contributed by atoms with Crippen molar-refractivity contribution in [2.45, 2.75) is 95.6 Å². The van der Waals surface area contributed by atoms with E-state index in [0.29, 0.717) is 52.6 Å². The Balaban J connectivity index is 1.33. The highest BCUT2D eigenvalue weighted by atomic mass is 32.2. The van der Waals surface area contributed by atoms with Crippen molar-refractivity contribution in [3.8, 4) is 0 Å². The van der Waals surface area contributed by atoms with Gasteiger partial charge in [0.05, 0.1) is 17.3 Å². The standard InChI is InChI=1S/C58H73N9O9S3/c59-37-13-10-34-56(62,77(71,72)40-43-16-4-1-5-17-43)53(68)65-49-28-22-46(23-29-49)52(47-24-30-50(31-25-47)66-54(69)57(63,35-11-14-38-60)78(73,74)41-44-18-6-2-7-19-44)48-26-32-51(33-27-48)67-55(70)58(64,36-12-15-39-61)79(75,76)42-45-20-8-3-9-21-45/h1-9,16-33,52H,10-15,34-42,59-64H2,(H,65,68)(H,66,69)(H,67,70)/t56-,57-,58-/m0/s1. The lowest BCUT2D eigenvalue weighted by Crippen LogP contribution is -2.57. The first-order chi connectivity index (χ1) is 37.6. The first-order valence-corrected chi connectivity index (χ1v) is 31.1. The monoisotopic (exact) mass is 1140 g/mol. The Morgan fingerprint density at radius 1 is 0.354 bits per heavy atom. The fourth-order valence-electron chi connectivity index (χ4n) is 9.16. The Labute approximate surface area is 464 Å². The summed E-state index contributed by atoms with van der Waals surface area (Å²) in [5, 5.41) is 8.19. The fraction of sp³-hybridized carbons (Fsp3) is 0.328. The van der Waals surface area contributed by atoms with E-state index in [1.165, 1.54) is 0 Å². The maximum absolute atomic E-state index is 14.1. The Hall–Kier alpha value is -6.66. The molecule has 79 heavy (non-hydrogen) atoms. The molecule has 21 heteroatoms. The average molecular weight is 1140 g/mol. The summed E-state index contributed by atoms with van der Waals surface area (Å²) in [5.41, 5.74) is 41.2. The summed E-state index contributed by atoms with van der Waals surface area (Å²) in [6, 6.07) is 45.4. The molecule has 0 aliphatic rings. The number of rotatable bonds is 30. The molecule has 0 saturated heterocycles. The number of unbranched alkanes of at least 4 members (excludes halogenated alkanes) is 3. The van der Waals surface area contributed by atoms with Gasteiger partial charge in [0.25, 0.3) is 17.7 Å². The van der Waals surface area contributed by atoms with Gasteiger partial charge in [0.15, 0.2) is 44.1 Å². The highest BCUT2D eigenvalue weighted by Crippen LogP contribution is 2.36. The number of carbonyl (C=O) groups is 3. The second kappa shape index (κ2) is 27.5. The quantitative estimate of drug-likeness (QED) is 0.0188. The van der Waals surface area contributed by atoms with Crippen LogP contribution in [0.4, 0.5) is 17.1 Å². The van der Waals surface area contributed by atoms with Crippen LogP contribution in [0.2, 0.25) is 0 Å². The fourth-order valence-corrected chi connectivity index (χ4v) is 14.2. The van der Waals surface area contributed by atoms with Gasteiger partial charge in [-0.25, -0.2) is 25.3 Å². The van der Waals surface area contributed by atoms with E-state index in [2.05, 4.69) is 16.0 Å². The SMILES string of the molecule is NCCCC[C@@](N)(C(=O)Nc1ccc(C(c2ccc(NC(=O)[C@](N)(CCCCN)S(=O)(=O)Cc3ccccc3)cc2)c2ccc(NC(=O)[C@](N)(CCCCN)S(=O)(=O)Cc3ccccc3)cc2)cc1)S(=O)(=O)Cc1ccccc1. The van der Waals surface area contributed by atoms with E-state index in [4.69, 9.17) is 34.4 Å². The molecule has 422 valence electrons. The number of sulfone groups is 3. The highest BCUT2D eigenvalue weighted by Gasteiger charge is 2.49. The van der Waals surface area contributed by atoms with Crippen molar-refractivity contribution in [2.75, 3.05) is 35.6 Å². The lowest BCUT2D eigenvalue weighted by Gasteiger charge is -2.29. The van der Waals surface area contributed by atoms with Crippen molar-refractivity contribution in [3.05, 3.63) is 197 Å². The zero-order valence-electron chi connectivity index (χ0n) is 44.1. The van der Waals surface area contributed by atoms with Crippen LogP contribution in [0.25, 0.3) is 0 Å². The van der Waals surface area contributed by atoms with Crippen LogP contribution < -0.4 is 50.4 Å². The van der Waals surface area contributed by atoms with E-state index in [-0.39, 0.29) is 75.2 Å². The van der Waals surface area contributed by atoms with Gasteiger partial charge >= 0.3 is 0 Å². The summed E-state index contributed by atoms with van der Waals surface area (Å²) in [6.45, 7) is 0.836.